The molecule has 2 heterocycles. The van der Waals surface area contributed by atoms with Crippen molar-refractivity contribution in [2.75, 3.05) is 37.6 Å². The van der Waals surface area contributed by atoms with E-state index in [0.717, 1.165) is 55.2 Å². The number of carbonyl (C=O) groups is 1. The molecule has 1 amide bonds. The summed E-state index contributed by atoms with van der Waals surface area (Å²) in [5.74, 6) is 0.928. The molecule has 27 heavy (non-hydrogen) atoms. The van der Waals surface area contributed by atoms with Gasteiger partial charge in [-0.3, -0.25) is 4.79 Å². The standard InChI is InChI=1S/C22H28N4O/c1-3-25-11-13-26(14-12-25)21-10-9-19(16-23-21)17-24-22(27)15-18(2)20-7-5-4-6-8-20/h4-10,15-16H,3,11-14,17H2,1-2H3,(H,24,27)/b18-15+. The van der Waals surface area contributed by atoms with E-state index in [1.54, 1.807) is 6.08 Å². The summed E-state index contributed by atoms with van der Waals surface area (Å²) >= 11 is 0. The van der Waals surface area contributed by atoms with E-state index in [4.69, 9.17) is 0 Å². The van der Waals surface area contributed by atoms with E-state index in [-0.39, 0.29) is 5.91 Å². The molecule has 3 rings (SSSR count). The average molecular weight is 364 g/mol. The number of aromatic nitrogens is 1. The fourth-order valence-electron chi connectivity index (χ4n) is 3.22. The molecule has 2 aromatic rings. The number of hydrogen-bond donors (Lipinski definition) is 1. The van der Waals surface area contributed by atoms with Crippen LogP contribution in [-0.2, 0) is 11.3 Å². The molecule has 0 atom stereocenters. The number of nitrogens with one attached hydrogen (secondary N) is 1. The van der Waals surface area contributed by atoms with Crippen LogP contribution in [0.25, 0.3) is 5.57 Å². The van der Waals surface area contributed by atoms with Crippen LogP contribution in [0.4, 0.5) is 5.82 Å². The van der Waals surface area contributed by atoms with Gasteiger partial charge in [-0.15, -0.1) is 0 Å². The number of carbonyl (C=O) groups excluding carboxylic acids is 1. The van der Waals surface area contributed by atoms with Gasteiger partial charge in [0, 0.05) is 45.0 Å². The summed E-state index contributed by atoms with van der Waals surface area (Å²) in [5, 5.41) is 2.94. The molecule has 5 nitrogen and oxygen atoms in total. The minimum atomic E-state index is -0.0869. The van der Waals surface area contributed by atoms with Crippen LogP contribution in [0.5, 0.6) is 0 Å². The molecule has 1 aromatic carbocycles. The van der Waals surface area contributed by atoms with Crippen molar-refractivity contribution in [2.45, 2.75) is 20.4 Å². The molecule has 1 aromatic heterocycles. The second kappa shape index (κ2) is 9.33. The predicted octanol–water partition coefficient (Wildman–Crippen LogP) is 2.94. The largest absolute Gasteiger partial charge is 0.354 e. The average Bonchev–Trinajstić information content (AvgIpc) is 2.73. The van der Waals surface area contributed by atoms with Gasteiger partial charge in [0.25, 0.3) is 0 Å². The Balaban J connectivity index is 1.51. The fraction of sp³-hybridized carbons (Fsp3) is 0.364. The first-order valence-electron chi connectivity index (χ1n) is 9.59. The topological polar surface area (TPSA) is 48.5 Å². The Hall–Kier alpha value is -2.66. The lowest BCUT2D eigenvalue weighted by atomic mass is 10.1. The highest BCUT2D eigenvalue weighted by Gasteiger charge is 2.16. The Bertz CT molecular complexity index is 763. The van der Waals surface area contributed by atoms with E-state index in [1.165, 1.54) is 0 Å². The number of rotatable bonds is 6. The Kier molecular flexibility index (Phi) is 6.60. The highest BCUT2D eigenvalue weighted by molar-refractivity contribution is 5.94. The van der Waals surface area contributed by atoms with Gasteiger partial charge in [0.2, 0.25) is 5.91 Å². The number of nitrogens with zero attached hydrogens (tertiary/aromatic N) is 3. The summed E-state index contributed by atoms with van der Waals surface area (Å²) in [4.78, 5) is 21.5. The SMILES string of the molecule is CCN1CCN(c2ccc(CNC(=O)/C=C(\C)c3ccccc3)cn2)CC1. The minimum absolute atomic E-state index is 0.0869. The van der Waals surface area contributed by atoms with E-state index < -0.39 is 0 Å². The molecule has 0 unspecified atom stereocenters. The van der Waals surface area contributed by atoms with Crippen LogP contribution in [0.2, 0.25) is 0 Å². The summed E-state index contributed by atoms with van der Waals surface area (Å²) in [5.41, 5.74) is 3.01. The molecule has 1 aliphatic rings. The van der Waals surface area contributed by atoms with Crippen molar-refractivity contribution in [1.29, 1.82) is 0 Å². The molecule has 1 N–H and O–H groups in total. The summed E-state index contributed by atoms with van der Waals surface area (Å²) < 4.78 is 0. The number of piperazine rings is 1. The first-order chi connectivity index (χ1) is 13.2. The third-order valence-electron chi connectivity index (χ3n) is 5.00. The molecule has 5 heteroatoms. The Morgan fingerprint density at radius 2 is 1.85 bits per heavy atom. The van der Waals surface area contributed by atoms with Crippen molar-refractivity contribution < 1.29 is 4.79 Å². The molecule has 1 aliphatic heterocycles. The summed E-state index contributed by atoms with van der Waals surface area (Å²) in [6, 6.07) is 14.0. The van der Waals surface area contributed by atoms with Crippen molar-refractivity contribution in [3.05, 3.63) is 65.9 Å². The van der Waals surface area contributed by atoms with E-state index >= 15 is 0 Å². The molecule has 0 radical (unpaired) electrons. The summed E-state index contributed by atoms with van der Waals surface area (Å²) in [6.07, 6.45) is 3.50. The maximum absolute atomic E-state index is 12.2. The van der Waals surface area contributed by atoms with Gasteiger partial charge < -0.3 is 15.1 Å². The Labute approximate surface area is 161 Å². The third kappa shape index (κ3) is 5.41. The minimum Gasteiger partial charge on any atom is -0.354 e. The molecular formula is C22H28N4O. The van der Waals surface area contributed by atoms with Crippen LogP contribution in [0, 0.1) is 0 Å². The maximum Gasteiger partial charge on any atom is 0.244 e. The zero-order valence-corrected chi connectivity index (χ0v) is 16.2. The van der Waals surface area contributed by atoms with Gasteiger partial charge in [0.15, 0.2) is 0 Å². The van der Waals surface area contributed by atoms with Gasteiger partial charge >= 0.3 is 0 Å². The number of pyridine rings is 1. The number of hydrogen-bond acceptors (Lipinski definition) is 4. The van der Waals surface area contributed by atoms with Crippen LogP contribution in [0.3, 0.4) is 0 Å². The number of likely N-dealkylation sites (N-methyl/N-ethyl adjacent to an activating group) is 1. The van der Waals surface area contributed by atoms with Gasteiger partial charge in [0.05, 0.1) is 0 Å². The molecule has 0 spiro atoms. The number of benzene rings is 1. The normalized spacial score (nSPS) is 15.6. The lowest BCUT2D eigenvalue weighted by Crippen LogP contribution is -2.46. The molecule has 0 saturated carbocycles. The van der Waals surface area contributed by atoms with Crippen molar-refractivity contribution >= 4 is 17.3 Å². The Morgan fingerprint density at radius 3 is 2.48 bits per heavy atom. The van der Waals surface area contributed by atoms with Gasteiger partial charge in [-0.25, -0.2) is 4.98 Å². The van der Waals surface area contributed by atoms with Crippen molar-refractivity contribution in [3.8, 4) is 0 Å². The highest BCUT2D eigenvalue weighted by Crippen LogP contribution is 2.14. The third-order valence-corrected chi connectivity index (χ3v) is 5.00. The van der Waals surface area contributed by atoms with Crippen molar-refractivity contribution in [1.82, 2.24) is 15.2 Å². The van der Waals surface area contributed by atoms with Crippen LogP contribution in [-0.4, -0.2) is 48.5 Å². The van der Waals surface area contributed by atoms with Gasteiger partial charge in [0.1, 0.15) is 5.82 Å². The maximum atomic E-state index is 12.2. The smallest absolute Gasteiger partial charge is 0.244 e. The molecular weight excluding hydrogens is 336 g/mol. The lowest BCUT2D eigenvalue weighted by Gasteiger charge is -2.34. The van der Waals surface area contributed by atoms with Crippen molar-refractivity contribution in [3.63, 3.8) is 0 Å². The van der Waals surface area contributed by atoms with E-state index in [1.807, 2.05) is 55.6 Å². The van der Waals surface area contributed by atoms with E-state index in [9.17, 15) is 4.79 Å². The van der Waals surface area contributed by atoms with Gasteiger partial charge in [-0.1, -0.05) is 43.3 Å². The second-order valence-electron chi connectivity index (χ2n) is 6.86. The van der Waals surface area contributed by atoms with Crippen LogP contribution >= 0.6 is 0 Å². The molecule has 1 saturated heterocycles. The summed E-state index contributed by atoms with van der Waals surface area (Å²) in [6.45, 7) is 9.94. The van der Waals surface area contributed by atoms with E-state index in [0.29, 0.717) is 6.54 Å². The quantitative estimate of drug-likeness (QED) is 0.801. The van der Waals surface area contributed by atoms with Crippen LogP contribution in [0.15, 0.2) is 54.7 Å². The monoisotopic (exact) mass is 364 g/mol. The molecule has 0 bridgehead atoms. The second-order valence-corrected chi connectivity index (χ2v) is 6.86. The van der Waals surface area contributed by atoms with Crippen molar-refractivity contribution in [2.24, 2.45) is 0 Å². The number of anilines is 1. The van der Waals surface area contributed by atoms with Gasteiger partial charge in [-0.2, -0.15) is 0 Å². The van der Waals surface area contributed by atoms with Crippen LogP contribution in [0.1, 0.15) is 25.0 Å². The number of amides is 1. The first-order valence-corrected chi connectivity index (χ1v) is 9.59. The number of allylic oxidation sites excluding steroid dienone is 1. The fourth-order valence-corrected chi connectivity index (χ4v) is 3.22. The zero-order valence-electron chi connectivity index (χ0n) is 16.2. The van der Waals surface area contributed by atoms with Gasteiger partial charge in [-0.05, 0) is 36.2 Å². The molecule has 0 aliphatic carbocycles. The Morgan fingerprint density at radius 1 is 1.11 bits per heavy atom. The van der Waals surface area contributed by atoms with Crippen LogP contribution < -0.4 is 10.2 Å². The summed E-state index contributed by atoms with van der Waals surface area (Å²) in [7, 11) is 0. The van der Waals surface area contributed by atoms with E-state index in [2.05, 4.69) is 27.0 Å². The highest BCUT2D eigenvalue weighted by atomic mass is 16.1. The predicted molar refractivity (Wildman–Crippen MR) is 111 cm³/mol. The first kappa shape index (κ1) is 19.1. The molecule has 142 valence electrons. The zero-order chi connectivity index (χ0) is 19.1. The lowest BCUT2D eigenvalue weighted by molar-refractivity contribution is -0.116. The molecule has 1 fully saturated rings.